The summed E-state index contributed by atoms with van der Waals surface area (Å²) in [6, 6.07) is 5.58. The number of rotatable bonds is 2. The van der Waals surface area contributed by atoms with Gasteiger partial charge in [0.1, 0.15) is 17.5 Å². The fourth-order valence-corrected chi connectivity index (χ4v) is 1.95. The van der Waals surface area contributed by atoms with Crippen LogP contribution in [0.2, 0.25) is 0 Å². The molecule has 0 atom stereocenters. The number of pyridine rings is 1. The van der Waals surface area contributed by atoms with Gasteiger partial charge in [-0.2, -0.15) is 15.3 Å². The molecule has 0 bridgehead atoms. The smallest absolute Gasteiger partial charge is 0.262 e. The molecule has 3 aromatic heterocycles. The molecule has 0 saturated carbocycles. The number of hydrogen-bond donors (Lipinski definition) is 1. The molecule has 3 rings (SSSR count). The van der Waals surface area contributed by atoms with Crippen LogP contribution in [0.25, 0.3) is 23.0 Å². The van der Waals surface area contributed by atoms with Crippen molar-refractivity contribution in [3.63, 3.8) is 0 Å². The number of nitrogens with zero attached hydrogens (tertiary/aromatic N) is 5. The fraction of sp³-hybridized carbons (Fsp3) is 0. The van der Waals surface area contributed by atoms with E-state index in [1.807, 2.05) is 12.1 Å². The molecule has 0 aliphatic carbocycles. The number of aromatic nitrogens is 5. The summed E-state index contributed by atoms with van der Waals surface area (Å²) in [6.45, 7) is 0. The Morgan fingerprint density at radius 3 is 3.11 bits per heavy atom. The fourth-order valence-electron chi connectivity index (χ4n) is 1.51. The van der Waals surface area contributed by atoms with Crippen LogP contribution in [0, 0.1) is 11.3 Å². The van der Waals surface area contributed by atoms with E-state index in [-0.39, 0.29) is 11.6 Å². The van der Waals surface area contributed by atoms with Crippen LogP contribution in [0.3, 0.4) is 0 Å². The van der Waals surface area contributed by atoms with Gasteiger partial charge in [-0.3, -0.25) is 10.1 Å². The Balaban J connectivity index is 2.06. The number of halogens is 1. The van der Waals surface area contributed by atoms with Crippen LogP contribution in [-0.4, -0.2) is 25.3 Å². The first-order valence-electron chi connectivity index (χ1n) is 5.18. The van der Waals surface area contributed by atoms with Crippen LogP contribution in [0.15, 0.2) is 33.5 Å². The first-order valence-corrected chi connectivity index (χ1v) is 5.97. The van der Waals surface area contributed by atoms with E-state index < -0.39 is 0 Å². The number of aromatic amines is 1. The van der Waals surface area contributed by atoms with Crippen LogP contribution in [0.4, 0.5) is 0 Å². The van der Waals surface area contributed by atoms with Crippen LogP contribution >= 0.6 is 15.9 Å². The van der Waals surface area contributed by atoms with Crippen molar-refractivity contribution < 1.29 is 4.52 Å². The third kappa shape index (κ3) is 2.00. The Kier molecular flexibility index (Phi) is 2.81. The van der Waals surface area contributed by atoms with Crippen molar-refractivity contribution in [2.75, 3.05) is 0 Å². The maximum atomic E-state index is 8.91. The first-order chi connectivity index (χ1) is 9.29. The molecule has 0 aromatic carbocycles. The summed E-state index contributed by atoms with van der Waals surface area (Å²) >= 11 is 3.36. The lowest BCUT2D eigenvalue weighted by Gasteiger charge is -1.95. The maximum absolute atomic E-state index is 8.91. The Labute approximate surface area is 115 Å². The van der Waals surface area contributed by atoms with Crippen molar-refractivity contribution in [1.82, 2.24) is 25.3 Å². The summed E-state index contributed by atoms with van der Waals surface area (Å²) in [7, 11) is 0. The topological polar surface area (TPSA) is 104 Å². The number of nitrogens with one attached hydrogen (secondary N) is 1. The molecule has 0 amide bonds. The molecule has 0 aliphatic rings. The van der Waals surface area contributed by atoms with Crippen molar-refractivity contribution in [3.8, 4) is 29.0 Å². The minimum Gasteiger partial charge on any atom is -0.333 e. The molecule has 19 heavy (non-hydrogen) atoms. The standard InChI is InChI=1S/C11H5BrN6O/c12-7-2-1-3-14-9(7)10-16-11(19-18-10)6-5-15-17-8(6)4-13/h1-3,5H,(H,15,17). The minimum absolute atomic E-state index is 0.220. The molecule has 1 N–H and O–H groups in total. The third-order valence-electron chi connectivity index (χ3n) is 2.38. The van der Waals surface area contributed by atoms with E-state index in [0.29, 0.717) is 17.1 Å². The van der Waals surface area contributed by atoms with Crippen LogP contribution in [-0.2, 0) is 0 Å². The SMILES string of the molecule is N#Cc1[nH]ncc1-c1nc(-c2ncccc2Br)no1. The molecular formula is C11H5BrN6O. The molecule has 92 valence electrons. The predicted molar refractivity (Wildman–Crippen MR) is 67.5 cm³/mol. The molecule has 7 nitrogen and oxygen atoms in total. The normalized spacial score (nSPS) is 10.3. The molecule has 0 radical (unpaired) electrons. The summed E-state index contributed by atoms with van der Waals surface area (Å²) in [6.07, 6.45) is 3.10. The lowest BCUT2D eigenvalue weighted by molar-refractivity contribution is 0.432. The highest BCUT2D eigenvalue weighted by atomic mass is 79.9. The summed E-state index contributed by atoms with van der Waals surface area (Å²) in [5.74, 6) is 0.561. The quantitative estimate of drug-likeness (QED) is 0.776. The lowest BCUT2D eigenvalue weighted by Crippen LogP contribution is -1.87. The van der Waals surface area contributed by atoms with Gasteiger partial charge < -0.3 is 4.52 Å². The average molecular weight is 317 g/mol. The van der Waals surface area contributed by atoms with Gasteiger partial charge in [0.15, 0.2) is 0 Å². The molecule has 0 fully saturated rings. The second-order valence-electron chi connectivity index (χ2n) is 3.53. The Morgan fingerprint density at radius 2 is 2.32 bits per heavy atom. The van der Waals surface area contributed by atoms with Gasteiger partial charge in [-0.1, -0.05) is 5.16 Å². The van der Waals surface area contributed by atoms with Gasteiger partial charge in [0, 0.05) is 10.7 Å². The van der Waals surface area contributed by atoms with Gasteiger partial charge in [0.25, 0.3) is 5.89 Å². The zero-order chi connectivity index (χ0) is 13.2. The number of H-pyrrole nitrogens is 1. The van der Waals surface area contributed by atoms with E-state index in [1.165, 1.54) is 6.20 Å². The molecule has 0 unspecified atom stereocenters. The molecule has 3 heterocycles. The van der Waals surface area contributed by atoms with Gasteiger partial charge in [-0.25, -0.2) is 0 Å². The van der Waals surface area contributed by atoms with Crippen molar-refractivity contribution in [2.24, 2.45) is 0 Å². The molecule has 8 heteroatoms. The van der Waals surface area contributed by atoms with E-state index in [2.05, 4.69) is 41.3 Å². The van der Waals surface area contributed by atoms with E-state index in [4.69, 9.17) is 9.78 Å². The van der Waals surface area contributed by atoms with Crippen LogP contribution in [0.1, 0.15) is 5.69 Å². The highest BCUT2D eigenvalue weighted by molar-refractivity contribution is 9.10. The number of nitriles is 1. The summed E-state index contributed by atoms with van der Waals surface area (Å²) in [4.78, 5) is 8.38. The van der Waals surface area contributed by atoms with Gasteiger partial charge in [-0.05, 0) is 28.1 Å². The van der Waals surface area contributed by atoms with Gasteiger partial charge in [0.2, 0.25) is 5.82 Å². The first kappa shape index (κ1) is 11.6. The summed E-state index contributed by atoms with van der Waals surface area (Å²) in [5.41, 5.74) is 1.31. The summed E-state index contributed by atoms with van der Waals surface area (Å²) < 4.78 is 5.89. The highest BCUT2D eigenvalue weighted by Gasteiger charge is 2.17. The van der Waals surface area contributed by atoms with Gasteiger partial charge >= 0.3 is 0 Å². The van der Waals surface area contributed by atoms with Gasteiger partial charge in [0.05, 0.1) is 11.8 Å². The van der Waals surface area contributed by atoms with E-state index in [0.717, 1.165) is 4.47 Å². The Hall–Kier alpha value is -2.53. The van der Waals surface area contributed by atoms with Crippen molar-refractivity contribution >= 4 is 15.9 Å². The van der Waals surface area contributed by atoms with Crippen LogP contribution < -0.4 is 0 Å². The van der Waals surface area contributed by atoms with E-state index in [1.54, 1.807) is 12.3 Å². The molecular weight excluding hydrogens is 312 g/mol. The Morgan fingerprint density at radius 1 is 1.42 bits per heavy atom. The van der Waals surface area contributed by atoms with E-state index in [9.17, 15) is 0 Å². The zero-order valence-corrected chi connectivity index (χ0v) is 10.9. The minimum atomic E-state index is 0.220. The second-order valence-corrected chi connectivity index (χ2v) is 4.38. The molecule has 0 saturated heterocycles. The van der Waals surface area contributed by atoms with E-state index >= 15 is 0 Å². The van der Waals surface area contributed by atoms with Crippen molar-refractivity contribution in [2.45, 2.75) is 0 Å². The van der Waals surface area contributed by atoms with Gasteiger partial charge in [-0.15, -0.1) is 0 Å². The largest absolute Gasteiger partial charge is 0.333 e. The third-order valence-corrected chi connectivity index (χ3v) is 3.02. The molecule has 0 spiro atoms. The predicted octanol–water partition coefficient (Wildman–Crippen LogP) is 2.16. The van der Waals surface area contributed by atoms with Crippen molar-refractivity contribution in [3.05, 3.63) is 34.7 Å². The average Bonchev–Trinajstić information content (AvgIpc) is 3.07. The molecule has 0 aliphatic heterocycles. The summed E-state index contributed by atoms with van der Waals surface area (Å²) in [5, 5.41) is 19.1. The van der Waals surface area contributed by atoms with Crippen molar-refractivity contribution in [1.29, 1.82) is 5.26 Å². The Bertz CT molecular complexity index is 755. The zero-order valence-electron chi connectivity index (χ0n) is 9.33. The monoisotopic (exact) mass is 316 g/mol. The van der Waals surface area contributed by atoms with Crippen LogP contribution in [0.5, 0.6) is 0 Å². The second kappa shape index (κ2) is 4.62. The highest BCUT2D eigenvalue weighted by Crippen LogP contribution is 2.26. The lowest BCUT2D eigenvalue weighted by atomic mass is 10.2. The number of hydrogen-bond acceptors (Lipinski definition) is 6. The molecule has 3 aromatic rings. The maximum Gasteiger partial charge on any atom is 0.262 e.